The maximum atomic E-state index is 15.0. The van der Waals surface area contributed by atoms with Crippen molar-refractivity contribution < 1.29 is 18.6 Å². The third-order valence-corrected chi connectivity index (χ3v) is 7.21. The molecule has 2 unspecified atom stereocenters. The zero-order valence-electron chi connectivity index (χ0n) is 19.4. The van der Waals surface area contributed by atoms with E-state index in [4.69, 9.17) is 31.5 Å². The average molecular weight is 493 g/mol. The van der Waals surface area contributed by atoms with Crippen LogP contribution in [0.4, 0.5) is 27.3 Å². The Morgan fingerprint density at radius 1 is 1.06 bits per heavy atom. The van der Waals surface area contributed by atoms with E-state index in [9.17, 15) is 4.39 Å². The zero-order valence-corrected chi connectivity index (χ0v) is 20.1. The first-order valence-corrected chi connectivity index (χ1v) is 11.9. The maximum absolute atomic E-state index is 15.0. The summed E-state index contributed by atoms with van der Waals surface area (Å²) >= 11 is 6.07. The highest BCUT2D eigenvalue weighted by molar-refractivity contribution is 6.29. The first-order chi connectivity index (χ1) is 16.5. The molecule has 3 atom stereocenters. The predicted molar refractivity (Wildman–Crippen MR) is 129 cm³/mol. The van der Waals surface area contributed by atoms with E-state index in [2.05, 4.69) is 20.0 Å². The number of morpholine rings is 1. The number of halogens is 2. The number of anilines is 4. The monoisotopic (exact) mass is 492 g/mol. The normalized spacial score (nSPS) is 24.9. The maximum Gasteiger partial charge on any atom is 0.184 e. The Hall–Kier alpha value is -2.40. The number of aromatic nitrogens is 2. The quantitative estimate of drug-likeness (QED) is 0.611. The number of fused-ring (bicyclic) bond motifs is 2. The molecule has 3 fully saturated rings. The highest BCUT2D eigenvalue weighted by Gasteiger charge is 2.41. The second-order valence-electron chi connectivity index (χ2n) is 8.97. The molecule has 34 heavy (non-hydrogen) atoms. The van der Waals surface area contributed by atoms with E-state index in [0.717, 1.165) is 37.3 Å². The molecule has 0 aliphatic carbocycles. The van der Waals surface area contributed by atoms with E-state index in [1.807, 2.05) is 17.0 Å². The summed E-state index contributed by atoms with van der Waals surface area (Å²) in [5.74, 6) is 0.139. The first kappa shape index (κ1) is 23.3. The number of piperazine rings is 1. The summed E-state index contributed by atoms with van der Waals surface area (Å²) in [6.07, 6.45) is 1.32. The number of nitrogens with zero attached hydrogens (tertiary/aromatic N) is 5. The molecule has 4 heterocycles. The Bertz CT molecular complexity index is 1010. The molecule has 3 saturated heterocycles. The molecule has 11 heteroatoms. The number of nitrogen functional groups attached to an aromatic ring is 1. The van der Waals surface area contributed by atoms with Gasteiger partial charge in [0.15, 0.2) is 17.3 Å². The fraction of sp³-hybridized carbons (Fsp3) is 0.565. The third-order valence-electron chi connectivity index (χ3n) is 7.02. The van der Waals surface area contributed by atoms with Gasteiger partial charge in [0.2, 0.25) is 0 Å². The number of nitrogens with two attached hydrogens (primary N) is 1. The molecule has 0 amide bonds. The fourth-order valence-corrected chi connectivity index (χ4v) is 5.65. The van der Waals surface area contributed by atoms with Crippen molar-refractivity contribution in [3.05, 3.63) is 35.2 Å². The van der Waals surface area contributed by atoms with Gasteiger partial charge in [-0.15, -0.1) is 10.2 Å². The Morgan fingerprint density at radius 2 is 1.79 bits per heavy atom. The van der Waals surface area contributed by atoms with Crippen molar-refractivity contribution in [1.82, 2.24) is 10.2 Å². The molecular formula is C23H30ClFN6O3. The van der Waals surface area contributed by atoms with Crippen LogP contribution in [0, 0.1) is 5.82 Å². The van der Waals surface area contributed by atoms with Gasteiger partial charge in [0.05, 0.1) is 18.0 Å². The van der Waals surface area contributed by atoms with Crippen LogP contribution < -0.4 is 20.4 Å². The first-order valence-electron chi connectivity index (χ1n) is 11.5. The lowest BCUT2D eigenvalue weighted by atomic mass is 10.1. The lowest BCUT2D eigenvalue weighted by Crippen LogP contribution is -2.54. The van der Waals surface area contributed by atoms with Crippen molar-refractivity contribution >= 4 is 34.5 Å². The van der Waals surface area contributed by atoms with Gasteiger partial charge in [-0.2, -0.15) is 0 Å². The summed E-state index contributed by atoms with van der Waals surface area (Å²) in [6, 6.07) is 7.75. The highest BCUT2D eigenvalue weighted by atomic mass is 35.5. The van der Waals surface area contributed by atoms with E-state index in [-0.39, 0.29) is 24.0 Å². The molecule has 1 aromatic heterocycles. The lowest BCUT2D eigenvalue weighted by Gasteiger charge is -2.44. The number of hydrogen-bond donors (Lipinski definition) is 1. The van der Waals surface area contributed by atoms with Gasteiger partial charge in [0.25, 0.3) is 0 Å². The standard InChI is InChI=1S/C23H30ClFN6O3/c1-32-23(33-2)20-13-29(7-8-34-20)18-9-14(5-6-17(18)25)31-15-3-4-16(31)12-30(11-15)19-10-21(24)27-28-22(19)26/h5-6,9-10,15-16,20,23H,3-4,7-8,11-13H2,1-2H3,(H2,26,28)/t15?,16?,20-/m1/s1. The minimum absolute atomic E-state index is 0.243. The molecule has 0 spiro atoms. The molecule has 2 N–H and O–H groups in total. The minimum atomic E-state index is -0.499. The van der Waals surface area contributed by atoms with Crippen LogP contribution in [0.25, 0.3) is 0 Å². The molecule has 9 nitrogen and oxygen atoms in total. The molecule has 3 aliphatic heterocycles. The van der Waals surface area contributed by atoms with Gasteiger partial charge in [-0.1, -0.05) is 11.6 Å². The van der Waals surface area contributed by atoms with Crippen molar-refractivity contribution in [3.63, 3.8) is 0 Å². The van der Waals surface area contributed by atoms with Gasteiger partial charge in [-0.05, 0) is 31.0 Å². The summed E-state index contributed by atoms with van der Waals surface area (Å²) in [4.78, 5) is 6.68. The van der Waals surface area contributed by atoms with Crippen molar-refractivity contribution in [2.24, 2.45) is 0 Å². The largest absolute Gasteiger partial charge is 0.380 e. The molecule has 2 aromatic rings. The van der Waals surface area contributed by atoms with Crippen molar-refractivity contribution in [2.45, 2.75) is 37.3 Å². The number of rotatable bonds is 6. The van der Waals surface area contributed by atoms with Crippen LogP contribution in [0.3, 0.4) is 0 Å². The second kappa shape index (κ2) is 9.69. The summed E-state index contributed by atoms with van der Waals surface area (Å²) in [7, 11) is 3.16. The van der Waals surface area contributed by atoms with Crippen LogP contribution >= 0.6 is 11.6 Å². The lowest BCUT2D eigenvalue weighted by molar-refractivity contribution is -0.182. The van der Waals surface area contributed by atoms with Crippen LogP contribution in [-0.4, -0.2) is 81.7 Å². The third kappa shape index (κ3) is 4.35. The fourth-order valence-electron chi connectivity index (χ4n) is 5.51. The molecule has 5 rings (SSSR count). The number of ether oxygens (including phenoxy) is 3. The molecule has 184 valence electrons. The van der Waals surface area contributed by atoms with Gasteiger partial charge in [-0.3, -0.25) is 0 Å². The number of hydrogen-bond acceptors (Lipinski definition) is 9. The van der Waals surface area contributed by atoms with E-state index < -0.39 is 6.29 Å². The number of benzene rings is 1. The molecule has 2 bridgehead atoms. The minimum Gasteiger partial charge on any atom is -0.380 e. The highest BCUT2D eigenvalue weighted by Crippen LogP contribution is 2.39. The van der Waals surface area contributed by atoms with Crippen LogP contribution in [0.15, 0.2) is 24.3 Å². The summed E-state index contributed by atoms with van der Waals surface area (Å²) in [5, 5.41) is 8.13. The van der Waals surface area contributed by atoms with E-state index in [0.29, 0.717) is 36.4 Å². The average Bonchev–Trinajstić information content (AvgIpc) is 3.11. The van der Waals surface area contributed by atoms with Crippen molar-refractivity contribution in [1.29, 1.82) is 0 Å². The topological polar surface area (TPSA) is 89.2 Å². The van der Waals surface area contributed by atoms with Crippen molar-refractivity contribution in [3.8, 4) is 0 Å². The van der Waals surface area contributed by atoms with E-state index in [1.54, 1.807) is 26.4 Å². The SMILES string of the molecule is COC(OC)[C@H]1CN(c2cc(N3C4CCC3CN(c3cc(Cl)nnc3N)C4)ccc2F)CCO1. The zero-order chi connectivity index (χ0) is 23.8. The Morgan fingerprint density at radius 3 is 2.50 bits per heavy atom. The Balaban J connectivity index is 1.36. The van der Waals surface area contributed by atoms with Gasteiger partial charge >= 0.3 is 0 Å². The Kier molecular flexibility index (Phi) is 6.65. The summed E-state index contributed by atoms with van der Waals surface area (Å²) < 4.78 is 31.5. The molecule has 3 aliphatic rings. The van der Waals surface area contributed by atoms with E-state index >= 15 is 0 Å². The molecule has 1 aromatic carbocycles. The predicted octanol–water partition coefficient (Wildman–Crippen LogP) is 2.53. The molecule has 0 saturated carbocycles. The van der Waals surface area contributed by atoms with Gasteiger partial charge in [0.1, 0.15) is 11.9 Å². The summed E-state index contributed by atoms with van der Waals surface area (Å²) in [6.45, 7) is 3.15. The van der Waals surface area contributed by atoms with Crippen LogP contribution in [0.5, 0.6) is 0 Å². The summed E-state index contributed by atoms with van der Waals surface area (Å²) in [5.41, 5.74) is 8.51. The van der Waals surface area contributed by atoms with Gasteiger partial charge in [-0.25, -0.2) is 4.39 Å². The van der Waals surface area contributed by atoms with Crippen LogP contribution in [-0.2, 0) is 14.2 Å². The second-order valence-corrected chi connectivity index (χ2v) is 9.35. The van der Waals surface area contributed by atoms with Gasteiger partial charge < -0.3 is 34.6 Å². The Labute approximate surface area is 203 Å². The van der Waals surface area contributed by atoms with Crippen LogP contribution in [0.1, 0.15) is 12.8 Å². The smallest absolute Gasteiger partial charge is 0.184 e. The molecular weight excluding hydrogens is 463 g/mol. The van der Waals surface area contributed by atoms with Crippen LogP contribution in [0.2, 0.25) is 5.15 Å². The van der Waals surface area contributed by atoms with Gasteiger partial charge in [0, 0.05) is 64.2 Å². The number of methoxy groups -OCH3 is 2. The van der Waals surface area contributed by atoms with E-state index in [1.165, 1.54) is 0 Å². The van der Waals surface area contributed by atoms with Crippen molar-refractivity contribution in [2.75, 3.05) is 67.4 Å². The molecule has 0 radical (unpaired) electrons.